The van der Waals surface area contributed by atoms with E-state index in [0.717, 1.165) is 44.3 Å². The summed E-state index contributed by atoms with van der Waals surface area (Å²) in [4.78, 5) is 29.9. The van der Waals surface area contributed by atoms with Gasteiger partial charge in [-0.15, -0.1) is 11.3 Å². The summed E-state index contributed by atoms with van der Waals surface area (Å²) < 4.78 is -0.158. The van der Waals surface area contributed by atoms with Gasteiger partial charge in [0.25, 0.3) is 0 Å². The van der Waals surface area contributed by atoms with Crippen LogP contribution in [0.15, 0.2) is 46.2 Å². The van der Waals surface area contributed by atoms with Crippen LogP contribution < -0.4 is 5.32 Å². The lowest BCUT2D eigenvalue weighted by atomic mass is 10.1. The fourth-order valence-corrected chi connectivity index (χ4v) is 5.81. The van der Waals surface area contributed by atoms with Gasteiger partial charge in [0.2, 0.25) is 5.95 Å². The number of fused-ring (bicyclic) bond motifs is 1. The summed E-state index contributed by atoms with van der Waals surface area (Å²) in [6.07, 6.45) is 4.01. The van der Waals surface area contributed by atoms with Gasteiger partial charge in [-0.3, -0.25) is 9.78 Å². The van der Waals surface area contributed by atoms with Gasteiger partial charge in [0, 0.05) is 47.1 Å². The Morgan fingerprint density at radius 1 is 1.17 bits per heavy atom. The van der Waals surface area contributed by atoms with Crippen LogP contribution in [0.3, 0.4) is 0 Å². The first-order chi connectivity index (χ1) is 16.7. The molecule has 0 aliphatic heterocycles. The Morgan fingerprint density at radius 3 is 2.77 bits per heavy atom. The molecule has 0 saturated heterocycles. The van der Waals surface area contributed by atoms with Crippen molar-refractivity contribution < 1.29 is 9.90 Å². The second kappa shape index (κ2) is 10.9. The minimum Gasteiger partial charge on any atom is -0.480 e. The topological polar surface area (TPSA) is 101 Å². The molecule has 0 spiro atoms. The molecule has 0 bridgehead atoms. The molecular weight excluding hydrogens is 502 g/mol. The molecule has 1 aromatic carbocycles. The van der Waals surface area contributed by atoms with E-state index in [2.05, 4.69) is 22.2 Å². The van der Waals surface area contributed by atoms with Gasteiger partial charge >= 0.3 is 5.97 Å². The van der Waals surface area contributed by atoms with Crippen LogP contribution in [0.4, 0.5) is 5.95 Å². The van der Waals surface area contributed by atoms with E-state index >= 15 is 0 Å². The Hall–Kier alpha value is -2.75. The molecule has 7 nitrogen and oxygen atoms in total. The molecule has 0 saturated carbocycles. The van der Waals surface area contributed by atoms with Crippen molar-refractivity contribution in [2.24, 2.45) is 0 Å². The summed E-state index contributed by atoms with van der Waals surface area (Å²) in [6.45, 7) is 6.08. The van der Waals surface area contributed by atoms with Gasteiger partial charge in [0.1, 0.15) is 4.75 Å². The van der Waals surface area contributed by atoms with E-state index in [1.54, 1.807) is 13.8 Å². The molecule has 10 heteroatoms. The Kier molecular flexibility index (Phi) is 7.88. The molecule has 0 aliphatic carbocycles. The number of aliphatic carboxylic acids is 1. The van der Waals surface area contributed by atoms with E-state index in [0.29, 0.717) is 30.4 Å². The number of pyridine rings is 1. The fraction of sp³-hybridized carbons (Fsp3) is 0.320. The lowest BCUT2D eigenvalue weighted by Gasteiger charge is -2.15. The fourth-order valence-electron chi connectivity index (χ4n) is 3.40. The highest BCUT2D eigenvalue weighted by atomic mass is 35.5. The summed E-state index contributed by atoms with van der Waals surface area (Å²) >= 11 is 8.81. The standard InChI is InChI=1S/C25H26ClN5O2S2/c1-4-15-13-28-23(27-10-9-19-14-34-24(30-19)35-25(2,3)22(32)33)31-21(15)12-18-7-5-16-11-17(26)6-8-20(16)29-18/h5-8,11,13-14H,4,9-10,12H2,1-3H3,(H,32,33)(H,27,28,31). The molecule has 0 aliphatic rings. The highest BCUT2D eigenvalue weighted by Gasteiger charge is 2.29. The second-order valence-corrected chi connectivity index (χ2v) is 11.7. The molecule has 2 N–H and O–H groups in total. The number of hydrogen-bond acceptors (Lipinski definition) is 8. The van der Waals surface area contributed by atoms with Crippen molar-refractivity contribution in [2.45, 2.75) is 49.1 Å². The van der Waals surface area contributed by atoms with Crippen LogP contribution in [0.25, 0.3) is 10.9 Å². The number of benzene rings is 1. The molecule has 4 rings (SSSR count). The van der Waals surface area contributed by atoms with Crippen LogP contribution in [0.5, 0.6) is 0 Å². The number of aryl methyl sites for hydroxylation is 1. The molecule has 35 heavy (non-hydrogen) atoms. The van der Waals surface area contributed by atoms with Gasteiger partial charge in [-0.1, -0.05) is 36.4 Å². The van der Waals surface area contributed by atoms with Crippen LogP contribution in [-0.2, 0) is 24.1 Å². The summed E-state index contributed by atoms with van der Waals surface area (Å²) in [5.74, 6) is -0.283. The molecule has 4 aromatic rings. The van der Waals surface area contributed by atoms with Gasteiger partial charge in [-0.2, -0.15) is 0 Å². The van der Waals surface area contributed by atoms with Crippen LogP contribution in [0, 0.1) is 0 Å². The Labute approximate surface area is 217 Å². The largest absolute Gasteiger partial charge is 0.480 e. The molecule has 0 fully saturated rings. The minimum absolute atomic E-state index is 0.571. The number of rotatable bonds is 10. The Bertz CT molecular complexity index is 1360. The van der Waals surface area contributed by atoms with Gasteiger partial charge in [-0.05, 0) is 50.1 Å². The Morgan fingerprint density at radius 2 is 2.00 bits per heavy atom. The monoisotopic (exact) mass is 527 g/mol. The van der Waals surface area contributed by atoms with E-state index < -0.39 is 10.7 Å². The molecule has 3 aromatic heterocycles. The number of thioether (sulfide) groups is 1. The number of aromatic nitrogens is 4. The third-order valence-electron chi connectivity index (χ3n) is 5.45. The van der Waals surface area contributed by atoms with Crippen molar-refractivity contribution in [2.75, 3.05) is 11.9 Å². The number of nitrogens with zero attached hydrogens (tertiary/aromatic N) is 4. The number of anilines is 1. The molecule has 0 atom stereocenters. The van der Waals surface area contributed by atoms with Gasteiger partial charge in [-0.25, -0.2) is 15.0 Å². The van der Waals surface area contributed by atoms with Crippen molar-refractivity contribution >= 4 is 57.5 Å². The number of halogens is 1. The molecule has 0 radical (unpaired) electrons. The van der Waals surface area contributed by atoms with E-state index in [9.17, 15) is 9.90 Å². The number of carboxylic acids is 1. The zero-order chi connectivity index (χ0) is 25.0. The van der Waals surface area contributed by atoms with Crippen LogP contribution >= 0.6 is 34.7 Å². The third kappa shape index (κ3) is 6.48. The minimum atomic E-state index is -0.911. The summed E-state index contributed by atoms with van der Waals surface area (Å²) in [5.41, 5.74) is 4.81. The second-order valence-electron chi connectivity index (χ2n) is 8.53. The maximum Gasteiger partial charge on any atom is 0.319 e. The average molecular weight is 528 g/mol. The number of thiazole rings is 1. The van der Waals surface area contributed by atoms with Crippen molar-refractivity contribution in [3.05, 3.63) is 69.6 Å². The number of hydrogen-bond donors (Lipinski definition) is 2. The highest BCUT2D eigenvalue weighted by Crippen LogP contribution is 2.34. The van der Waals surface area contributed by atoms with Gasteiger partial charge < -0.3 is 10.4 Å². The van der Waals surface area contributed by atoms with Gasteiger partial charge in [0.05, 0.1) is 16.9 Å². The average Bonchev–Trinajstić information content (AvgIpc) is 3.25. The van der Waals surface area contributed by atoms with Crippen LogP contribution in [-0.4, -0.2) is 42.3 Å². The van der Waals surface area contributed by atoms with Gasteiger partial charge in [0.15, 0.2) is 4.34 Å². The predicted molar refractivity (Wildman–Crippen MR) is 143 cm³/mol. The first-order valence-electron chi connectivity index (χ1n) is 11.2. The lowest BCUT2D eigenvalue weighted by molar-refractivity contribution is -0.138. The number of nitrogens with one attached hydrogen (secondary N) is 1. The van der Waals surface area contributed by atoms with E-state index in [4.69, 9.17) is 21.6 Å². The molecule has 3 heterocycles. The maximum absolute atomic E-state index is 11.3. The Balaban J connectivity index is 1.40. The first-order valence-corrected chi connectivity index (χ1v) is 13.3. The van der Waals surface area contributed by atoms with Crippen molar-refractivity contribution in [1.29, 1.82) is 0 Å². The number of carboxylic acid groups (broad SMARTS) is 1. The summed E-state index contributed by atoms with van der Waals surface area (Å²) in [6, 6.07) is 9.74. The van der Waals surface area contributed by atoms with Crippen molar-refractivity contribution in [1.82, 2.24) is 19.9 Å². The quantitative estimate of drug-likeness (QED) is 0.246. The van der Waals surface area contributed by atoms with E-state index in [-0.39, 0.29) is 0 Å². The molecule has 0 amide bonds. The zero-order valence-corrected chi connectivity index (χ0v) is 22.1. The maximum atomic E-state index is 11.3. The van der Waals surface area contributed by atoms with Crippen LogP contribution in [0.1, 0.15) is 43.4 Å². The summed E-state index contributed by atoms with van der Waals surface area (Å²) in [5, 5.41) is 16.3. The van der Waals surface area contributed by atoms with Crippen molar-refractivity contribution in [3.8, 4) is 0 Å². The molecule has 0 unspecified atom stereocenters. The third-order valence-corrected chi connectivity index (χ3v) is 7.85. The zero-order valence-electron chi connectivity index (χ0n) is 19.7. The predicted octanol–water partition coefficient (Wildman–Crippen LogP) is 5.90. The van der Waals surface area contributed by atoms with Crippen molar-refractivity contribution in [3.63, 3.8) is 0 Å². The highest BCUT2D eigenvalue weighted by molar-refractivity contribution is 8.03. The molecular formula is C25H26ClN5O2S2. The van der Waals surface area contributed by atoms with Crippen LogP contribution in [0.2, 0.25) is 5.02 Å². The normalized spacial score (nSPS) is 11.7. The smallest absolute Gasteiger partial charge is 0.319 e. The summed E-state index contributed by atoms with van der Waals surface area (Å²) in [7, 11) is 0. The number of carbonyl (C=O) groups is 1. The van der Waals surface area contributed by atoms with E-state index in [1.165, 1.54) is 23.1 Å². The lowest BCUT2D eigenvalue weighted by Crippen LogP contribution is -2.26. The van der Waals surface area contributed by atoms with E-state index in [1.807, 2.05) is 41.9 Å². The SMILES string of the molecule is CCc1cnc(NCCc2csc(SC(C)(C)C(=O)O)n2)nc1Cc1ccc2cc(Cl)ccc2n1. The molecule has 182 valence electrons. The first kappa shape index (κ1) is 25.3.